The minimum absolute atomic E-state index is 0.143. The third-order valence-corrected chi connectivity index (χ3v) is 4.63. The van der Waals surface area contributed by atoms with Gasteiger partial charge in [-0.3, -0.25) is 4.79 Å². The van der Waals surface area contributed by atoms with Gasteiger partial charge in [0.1, 0.15) is 5.75 Å². The number of ether oxygens (including phenoxy) is 1. The van der Waals surface area contributed by atoms with Crippen molar-refractivity contribution in [2.75, 3.05) is 12.4 Å². The van der Waals surface area contributed by atoms with Crippen LogP contribution in [0.25, 0.3) is 0 Å². The van der Waals surface area contributed by atoms with Crippen LogP contribution in [0.1, 0.15) is 42.0 Å². The van der Waals surface area contributed by atoms with E-state index in [-0.39, 0.29) is 11.7 Å². The van der Waals surface area contributed by atoms with E-state index >= 15 is 0 Å². The number of carbonyl (C=O) groups is 1. The van der Waals surface area contributed by atoms with Crippen LogP contribution in [0, 0.1) is 6.92 Å². The van der Waals surface area contributed by atoms with Crippen molar-refractivity contribution < 1.29 is 14.1 Å². The summed E-state index contributed by atoms with van der Waals surface area (Å²) in [5.74, 6) is 1.50. The summed E-state index contributed by atoms with van der Waals surface area (Å²) in [6.45, 7) is 1.91. The molecule has 5 nitrogen and oxygen atoms in total. The van der Waals surface area contributed by atoms with Crippen molar-refractivity contribution in [3.8, 4) is 5.75 Å². The zero-order chi connectivity index (χ0) is 16.0. The maximum absolute atomic E-state index is 12.6. The maximum Gasteiger partial charge on any atom is 0.233 e. The zero-order valence-electron chi connectivity index (χ0n) is 13.2. The summed E-state index contributed by atoms with van der Waals surface area (Å²) in [5.41, 5.74) is 4.61. The molecule has 1 aliphatic heterocycles. The van der Waals surface area contributed by atoms with Crippen molar-refractivity contribution in [2.45, 2.75) is 32.1 Å². The monoisotopic (exact) mass is 310 g/mol. The molecule has 2 aromatic rings. The molecule has 0 radical (unpaired) electrons. The average Bonchev–Trinajstić information content (AvgIpc) is 2.94. The number of anilines is 1. The Morgan fingerprint density at radius 1 is 1.35 bits per heavy atom. The number of aromatic nitrogens is 1. The van der Waals surface area contributed by atoms with Gasteiger partial charge in [0.15, 0.2) is 5.78 Å². The van der Waals surface area contributed by atoms with E-state index in [1.165, 1.54) is 0 Å². The van der Waals surface area contributed by atoms with Crippen LogP contribution in [0.2, 0.25) is 0 Å². The first-order chi connectivity index (χ1) is 11.2. The van der Waals surface area contributed by atoms with E-state index in [1.807, 2.05) is 31.2 Å². The Labute approximate surface area is 134 Å². The lowest BCUT2D eigenvalue weighted by Gasteiger charge is -2.31. The molecule has 0 saturated carbocycles. The number of methoxy groups -OCH3 is 1. The Hall–Kier alpha value is -2.56. The summed E-state index contributed by atoms with van der Waals surface area (Å²) in [4.78, 5) is 12.6. The van der Waals surface area contributed by atoms with E-state index in [1.54, 1.807) is 7.11 Å². The number of nitrogens with one attached hydrogen (secondary N) is 1. The number of nitrogens with zero attached hydrogens (tertiary/aromatic N) is 1. The van der Waals surface area contributed by atoms with Crippen molar-refractivity contribution in [2.24, 2.45) is 0 Å². The predicted molar refractivity (Wildman–Crippen MR) is 85.6 cm³/mol. The van der Waals surface area contributed by atoms with Gasteiger partial charge in [0.25, 0.3) is 0 Å². The molecule has 1 aromatic heterocycles. The molecule has 0 saturated heterocycles. The normalized spacial score (nSPS) is 19.9. The topological polar surface area (TPSA) is 64.4 Å². The van der Waals surface area contributed by atoms with Crippen LogP contribution >= 0.6 is 0 Å². The lowest BCUT2D eigenvalue weighted by Crippen LogP contribution is -2.26. The standard InChI is InChI=1S/C18H18N2O3/c1-10-15-16(11-5-3-6-12(9-11)22-2)17-13(7-4-8-14(17)21)19-18(15)23-20-10/h3,5-6,9,16,19H,4,7-8H2,1-2H3/t16-/m1/s1. The highest BCUT2D eigenvalue weighted by molar-refractivity contribution is 6.00. The van der Waals surface area contributed by atoms with Gasteiger partial charge in [-0.2, -0.15) is 0 Å². The zero-order valence-corrected chi connectivity index (χ0v) is 13.2. The van der Waals surface area contributed by atoms with Crippen LogP contribution in [0.5, 0.6) is 5.75 Å². The van der Waals surface area contributed by atoms with Crippen molar-refractivity contribution in [1.29, 1.82) is 0 Å². The molecule has 0 fully saturated rings. The quantitative estimate of drug-likeness (QED) is 0.919. The Bertz CT molecular complexity index is 819. The summed E-state index contributed by atoms with van der Waals surface area (Å²) in [6.07, 6.45) is 2.33. The van der Waals surface area contributed by atoms with Crippen molar-refractivity contribution in [1.82, 2.24) is 5.16 Å². The van der Waals surface area contributed by atoms with E-state index in [0.717, 1.165) is 46.7 Å². The van der Waals surface area contributed by atoms with E-state index in [4.69, 9.17) is 9.26 Å². The predicted octanol–water partition coefficient (Wildman–Crippen LogP) is 3.56. The average molecular weight is 310 g/mol. The Morgan fingerprint density at radius 2 is 2.22 bits per heavy atom. The van der Waals surface area contributed by atoms with Gasteiger partial charge >= 0.3 is 0 Å². The number of aryl methyl sites for hydroxylation is 1. The summed E-state index contributed by atoms with van der Waals surface area (Å²) < 4.78 is 10.8. The SMILES string of the molecule is COc1cccc([C@H]2C3=C(CCCC3=O)Nc3onc(C)c32)c1. The van der Waals surface area contributed by atoms with Crippen LogP contribution in [-0.4, -0.2) is 18.0 Å². The lowest BCUT2D eigenvalue weighted by molar-refractivity contribution is -0.116. The molecule has 0 spiro atoms. The highest BCUT2D eigenvalue weighted by Crippen LogP contribution is 2.46. The number of allylic oxidation sites excluding steroid dienone is 2. The van der Waals surface area contributed by atoms with Gasteiger partial charge in [-0.15, -0.1) is 0 Å². The molecule has 2 heterocycles. The fourth-order valence-corrected chi connectivity index (χ4v) is 3.57. The lowest BCUT2D eigenvalue weighted by atomic mass is 9.76. The second kappa shape index (κ2) is 5.26. The van der Waals surface area contributed by atoms with Gasteiger partial charge in [0.2, 0.25) is 5.88 Å². The van der Waals surface area contributed by atoms with Crippen LogP contribution in [0.4, 0.5) is 5.88 Å². The van der Waals surface area contributed by atoms with E-state index < -0.39 is 0 Å². The van der Waals surface area contributed by atoms with Gasteiger partial charge in [0.05, 0.1) is 18.4 Å². The second-order valence-electron chi connectivity index (χ2n) is 6.01. The minimum Gasteiger partial charge on any atom is -0.497 e. The molecule has 2 aliphatic rings. The van der Waals surface area contributed by atoms with Crippen molar-refractivity contribution in [3.05, 3.63) is 52.4 Å². The molecular weight excluding hydrogens is 292 g/mol. The van der Waals surface area contributed by atoms with Crippen LogP contribution < -0.4 is 10.1 Å². The number of hydrogen-bond donors (Lipinski definition) is 1. The molecule has 118 valence electrons. The fraction of sp³-hybridized carbons (Fsp3) is 0.333. The summed E-state index contributed by atoms with van der Waals surface area (Å²) in [7, 11) is 1.65. The van der Waals surface area contributed by atoms with Gasteiger partial charge in [-0.1, -0.05) is 17.3 Å². The Morgan fingerprint density at radius 3 is 3.04 bits per heavy atom. The number of ketones is 1. The second-order valence-corrected chi connectivity index (χ2v) is 6.01. The van der Waals surface area contributed by atoms with Crippen LogP contribution in [-0.2, 0) is 4.79 Å². The largest absolute Gasteiger partial charge is 0.497 e. The molecule has 23 heavy (non-hydrogen) atoms. The minimum atomic E-state index is -0.143. The smallest absolute Gasteiger partial charge is 0.233 e. The molecule has 1 N–H and O–H groups in total. The van der Waals surface area contributed by atoms with E-state index in [9.17, 15) is 4.79 Å². The number of fused-ring (bicyclic) bond motifs is 1. The molecule has 4 rings (SSSR count). The first kappa shape index (κ1) is 14.1. The summed E-state index contributed by atoms with van der Waals surface area (Å²) >= 11 is 0. The van der Waals surface area contributed by atoms with Crippen LogP contribution in [0.15, 0.2) is 40.1 Å². The number of hydrogen-bond acceptors (Lipinski definition) is 5. The highest BCUT2D eigenvalue weighted by Gasteiger charge is 2.38. The Balaban J connectivity index is 1.94. The third-order valence-electron chi connectivity index (χ3n) is 4.63. The number of rotatable bonds is 2. The van der Waals surface area contributed by atoms with Gasteiger partial charge in [-0.25, -0.2) is 0 Å². The van der Waals surface area contributed by atoms with Gasteiger partial charge in [0, 0.05) is 23.6 Å². The Kier molecular flexibility index (Phi) is 3.22. The molecule has 0 amide bonds. The molecular formula is C18H18N2O3. The number of carbonyl (C=O) groups excluding carboxylic acids is 1. The van der Waals surface area contributed by atoms with Crippen molar-refractivity contribution >= 4 is 11.7 Å². The van der Waals surface area contributed by atoms with Crippen molar-refractivity contribution in [3.63, 3.8) is 0 Å². The molecule has 0 unspecified atom stereocenters. The maximum atomic E-state index is 12.6. The molecule has 1 aliphatic carbocycles. The molecule has 1 atom stereocenters. The first-order valence-electron chi connectivity index (χ1n) is 7.82. The molecule has 1 aromatic carbocycles. The van der Waals surface area contributed by atoms with E-state index in [2.05, 4.69) is 10.5 Å². The van der Waals surface area contributed by atoms with Gasteiger partial charge in [-0.05, 0) is 37.5 Å². The van der Waals surface area contributed by atoms with Gasteiger partial charge < -0.3 is 14.6 Å². The fourth-order valence-electron chi connectivity index (χ4n) is 3.57. The highest BCUT2D eigenvalue weighted by atomic mass is 16.5. The van der Waals surface area contributed by atoms with E-state index in [0.29, 0.717) is 12.3 Å². The number of Topliss-reactive ketones (excluding diaryl/α,β-unsaturated/α-hetero) is 1. The first-order valence-corrected chi connectivity index (χ1v) is 7.82. The summed E-state index contributed by atoms with van der Waals surface area (Å²) in [5, 5.41) is 7.37. The third kappa shape index (κ3) is 2.15. The van der Waals surface area contributed by atoms with Crippen LogP contribution in [0.3, 0.4) is 0 Å². The summed E-state index contributed by atoms with van der Waals surface area (Å²) in [6, 6.07) is 7.87. The molecule has 5 heteroatoms. The molecule has 0 bridgehead atoms. The number of benzene rings is 1.